The van der Waals surface area contributed by atoms with Crippen molar-refractivity contribution in [1.29, 1.82) is 0 Å². The number of fused-ring (bicyclic) bond motifs is 4. The third kappa shape index (κ3) is 1.63. The normalized spacial score (nSPS) is 33.7. The molecule has 1 atom stereocenters. The number of nitrogen functional groups attached to an aromatic ring is 1. The number of nitrogens with two attached hydrogens (primary N) is 1. The maximum Gasteiger partial charge on any atom is 0.149 e. The minimum absolute atomic E-state index is 0.352. The molecule has 6 heteroatoms. The molecule has 0 radical (unpaired) electrons. The summed E-state index contributed by atoms with van der Waals surface area (Å²) in [4.78, 5) is 14.4. The smallest absolute Gasteiger partial charge is 0.149 e. The van der Waals surface area contributed by atoms with Crippen LogP contribution in [0.4, 0.5) is 5.82 Å². The molecule has 0 aliphatic carbocycles. The van der Waals surface area contributed by atoms with Gasteiger partial charge in [-0.15, -0.1) is 0 Å². The fourth-order valence-corrected chi connectivity index (χ4v) is 4.16. The molecule has 4 aliphatic heterocycles. The molecule has 1 aromatic rings. The zero-order valence-electron chi connectivity index (χ0n) is 10.3. The van der Waals surface area contributed by atoms with Crippen molar-refractivity contribution < 1.29 is 0 Å². The van der Waals surface area contributed by atoms with Crippen molar-refractivity contribution in [3.63, 3.8) is 0 Å². The van der Waals surface area contributed by atoms with Gasteiger partial charge in [-0.3, -0.25) is 9.80 Å². The molecule has 2 bridgehead atoms. The second-order valence-electron chi connectivity index (χ2n) is 5.24. The first kappa shape index (κ1) is 11.0. The molecule has 0 aromatic carbocycles. The second kappa shape index (κ2) is 4.08. The summed E-state index contributed by atoms with van der Waals surface area (Å²) in [5, 5.41) is 0. The molecule has 0 amide bonds. The van der Waals surface area contributed by atoms with E-state index in [1.54, 1.807) is 0 Å². The predicted molar refractivity (Wildman–Crippen MR) is 72.2 cm³/mol. The van der Waals surface area contributed by atoms with Crippen molar-refractivity contribution in [3.05, 3.63) is 17.1 Å². The maximum atomic E-state index is 6.08. The van der Waals surface area contributed by atoms with E-state index in [4.69, 9.17) is 10.7 Å². The van der Waals surface area contributed by atoms with Crippen LogP contribution in [0.25, 0.3) is 0 Å². The van der Waals surface area contributed by atoms with Crippen molar-refractivity contribution in [2.75, 3.05) is 38.5 Å². The molecular weight excluding hydrogens is 246 g/mol. The Hall–Kier alpha value is -0.850. The van der Waals surface area contributed by atoms with Crippen molar-refractivity contribution in [2.45, 2.75) is 17.5 Å². The molecule has 96 valence electrons. The number of hydrogen-bond donors (Lipinski definition) is 1. The summed E-state index contributed by atoms with van der Waals surface area (Å²) in [6.45, 7) is 5.71. The van der Waals surface area contributed by atoms with Gasteiger partial charge in [0.2, 0.25) is 0 Å². The van der Waals surface area contributed by atoms with Gasteiger partial charge in [0.15, 0.2) is 0 Å². The number of hydrogen-bond acceptors (Lipinski definition) is 6. The molecule has 3 saturated heterocycles. The number of aromatic nitrogens is 2. The van der Waals surface area contributed by atoms with Crippen LogP contribution in [0, 0.1) is 0 Å². The quantitative estimate of drug-likeness (QED) is 0.795. The zero-order valence-corrected chi connectivity index (χ0v) is 11.1. The van der Waals surface area contributed by atoms with Crippen molar-refractivity contribution >= 4 is 17.6 Å². The summed E-state index contributed by atoms with van der Waals surface area (Å²) in [5.41, 5.74) is 8.41. The molecule has 0 spiro atoms. The van der Waals surface area contributed by atoms with Gasteiger partial charge in [0.05, 0.1) is 11.7 Å². The molecule has 0 saturated carbocycles. The summed E-state index contributed by atoms with van der Waals surface area (Å²) < 4.78 is 0. The average Bonchev–Trinajstić information content (AvgIpc) is 2.89. The van der Waals surface area contributed by atoms with Crippen LogP contribution in [0.15, 0.2) is 0 Å². The Morgan fingerprint density at radius 2 is 1.94 bits per heavy atom. The lowest BCUT2D eigenvalue weighted by Crippen LogP contribution is -2.57. The van der Waals surface area contributed by atoms with E-state index in [1.807, 2.05) is 11.8 Å². The molecule has 1 unspecified atom stereocenters. The van der Waals surface area contributed by atoms with Gasteiger partial charge in [-0.2, -0.15) is 11.8 Å². The fourth-order valence-electron chi connectivity index (χ4n) is 3.11. The Labute approximate surface area is 111 Å². The van der Waals surface area contributed by atoms with Crippen LogP contribution in [0.2, 0.25) is 0 Å². The number of thioether (sulfide) groups is 1. The lowest BCUT2D eigenvalue weighted by molar-refractivity contribution is 0.00864. The first-order valence-electron chi connectivity index (χ1n) is 6.50. The number of anilines is 1. The van der Waals surface area contributed by atoms with Crippen LogP contribution in [0.3, 0.4) is 0 Å². The van der Waals surface area contributed by atoms with E-state index >= 15 is 0 Å². The fraction of sp³-hybridized carbons (Fsp3) is 0.667. The molecule has 4 aliphatic rings. The van der Waals surface area contributed by atoms with E-state index in [0.29, 0.717) is 11.9 Å². The van der Waals surface area contributed by atoms with E-state index in [2.05, 4.69) is 14.8 Å². The van der Waals surface area contributed by atoms with Gasteiger partial charge in [-0.1, -0.05) is 0 Å². The van der Waals surface area contributed by atoms with Crippen molar-refractivity contribution in [1.82, 2.24) is 19.8 Å². The van der Waals surface area contributed by atoms with Crippen LogP contribution in [0.5, 0.6) is 0 Å². The van der Waals surface area contributed by atoms with Crippen molar-refractivity contribution in [2.24, 2.45) is 0 Å². The third-order valence-electron chi connectivity index (χ3n) is 4.20. The summed E-state index contributed by atoms with van der Waals surface area (Å²) in [5.74, 6) is 3.61. The largest absolute Gasteiger partial charge is 0.383 e. The molecule has 2 N–H and O–H groups in total. The summed E-state index contributed by atoms with van der Waals surface area (Å²) >= 11 is 1.88. The number of nitrogens with zero attached hydrogens (tertiary/aromatic N) is 4. The van der Waals surface area contributed by atoms with Gasteiger partial charge in [0.25, 0.3) is 0 Å². The topological polar surface area (TPSA) is 58.3 Å². The SMILES string of the molecule is Nc1nc(C2CN3CCN2CC3)nc2c1CSC2. The van der Waals surface area contributed by atoms with Gasteiger partial charge in [0, 0.05) is 49.8 Å². The minimum atomic E-state index is 0.352. The summed E-state index contributed by atoms with van der Waals surface area (Å²) in [6.07, 6.45) is 0. The highest BCUT2D eigenvalue weighted by Crippen LogP contribution is 2.34. The van der Waals surface area contributed by atoms with Crippen molar-refractivity contribution in [3.8, 4) is 0 Å². The molecule has 1 aromatic heterocycles. The zero-order chi connectivity index (χ0) is 12.1. The summed E-state index contributed by atoms with van der Waals surface area (Å²) in [6, 6.07) is 0.352. The minimum Gasteiger partial charge on any atom is -0.383 e. The van der Waals surface area contributed by atoms with E-state index in [9.17, 15) is 0 Å². The van der Waals surface area contributed by atoms with Gasteiger partial charge in [-0.05, 0) is 0 Å². The van der Waals surface area contributed by atoms with Gasteiger partial charge >= 0.3 is 0 Å². The highest BCUT2D eigenvalue weighted by molar-refractivity contribution is 7.98. The first-order chi connectivity index (χ1) is 8.81. The first-order valence-corrected chi connectivity index (χ1v) is 7.66. The lowest BCUT2D eigenvalue weighted by Gasteiger charge is -2.46. The Kier molecular flexibility index (Phi) is 2.50. The predicted octanol–water partition coefficient (Wildman–Crippen LogP) is 0.478. The van der Waals surface area contributed by atoms with E-state index < -0.39 is 0 Å². The molecule has 3 fully saturated rings. The molecule has 5 heterocycles. The van der Waals surface area contributed by atoms with Gasteiger partial charge in [-0.25, -0.2) is 9.97 Å². The number of piperazine rings is 3. The van der Waals surface area contributed by atoms with E-state index in [0.717, 1.165) is 37.0 Å². The van der Waals surface area contributed by atoms with Crippen LogP contribution in [-0.4, -0.2) is 52.5 Å². The Balaban J connectivity index is 1.71. The highest BCUT2D eigenvalue weighted by atomic mass is 32.2. The molecular formula is C12H17N5S. The second-order valence-corrected chi connectivity index (χ2v) is 6.22. The monoisotopic (exact) mass is 263 g/mol. The van der Waals surface area contributed by atoms with E-state index in [-0.39, 0.29) is 0 Å². The van der Waals surface area contributed by atoms with E-state index in [1.165, 1.54) is 24.3 Å². The molecule has 18 heavy (non-hydrogen) atoms. The maximum absolute atomic E-state index is 6.08. The third-order valence-corrected chi connectivity index (χ3v) is 5.17. The molecule has 5 rings (SSSR count). The standard InChI is InChI=1S/C12H17N5S/c13-11-8-6-18-7-9(8)14-12(15-11)10-5-16-1-3-17(10)4-2-16/h10H,1-7H2,(H2,13,14,15). The average molecular weight is 263 g/mol. The van der Waals surface area contributed by atoms with Crippen LogP contribution in [0.1, 0.15) is 23.1 Å². The highest BCUT2D eigenvalue weighted by Gasteiger charge is 2.35. The van der Waals surface area contributed by atoms with Crippen LogP contribution < -0.4 is 5.73 Å². The Morgan fingerprint density at radius 3 is 2.67 bits per heavy atom. The van der Waals surface area contributed by atoms with Gasteiger partial charge < -0.3 is 5.73 Å². The van der Waals surface area contributed by atoms with Crippen LogP contribution >= 0.6 is 11.8 Å². The number of rotatable bonds is 1. The Bertz CT molecular complexity index is 484. The van der Waals surface area contributed by atoms with Gasteiger partial charge in [0.1, 0.15) is 11.6 Å². The Morgan fingerprint density at radius 1 is 1.11 bits per heavy atom. The summed E-state index contributed by atoms with van der Waals surface area (Å²) in [7, 11) is 0. The molecule has 5 nitrogen and oxygen atoms in total. The lowest BCUT2D eigenvalue weighted by atomic mass is 10.1. The van der Waals surface area contributed by atoms with Crippen LogP contribution in [-0.2, 0) is 11.5 Å².